The summed E-state index contributed by atoms with van der Waals surface area (Å²) >= 11 is 8.90. The molecule has 0 fully saturated rings. The Morgan fingerprint density at radius 2 is 2.12 bits per heavy atom. The maximum atomic E-state index is 13.5. The third-order valence-corrected chi connectivity index (χ3v) is 3.24. The lowest BCUT2D eigenvalue weighted by Gasteiger charge is -2.26. The van der Waals surface area contributed by atoms with Crippen LogP contribution in [0.25, 0.3) is 0 Å². The van der Waals surface area contributed by atoms with Crippen molar-refractivity contribution in [2.24, 2.45) is 0 Å². The zero-order chi connectivity index (χ0) is 13.2. The largest absolute Gasteiger partial charge is 0.346 e. The Kier molecular flexibility index (Phi) is 4.55. The van der Waals surface area contributed by atoms with E-state index in [2.05, 4.69) is 21.2 Å². The number of carbonyl (C=O) groups is 1. The van der Waals surface area contributed by atoms with Gasteiger partial charge in [-0.3, -0.25) is 4.79 Å². The van der Waals surface area contributed by atoms with E-state index in [0.717, 1.165) is 0 Å². The second-order valence-corrected chi connectivity index (χ2v) is 5.72. The van der Waals surface area contributed by atoms with Gasteiger partial charge in [-0.05, 0) is 30.2 Å². The summed E-state index contributed by atoms with van der Waals surface area (Å²) in [5.41, 5.74) is 0.761. The van der Waals surface area contributed by atoms with Crippen LogP contribution in [0.2, 0.25) is 5.02 Å². The lowest BCUT2D eigenvalue weighted by molar-refractivity contribution is 0.259. The average molecular weight is 323 g/mol. The molecule has 17 heavy (non-hydrogen) atoms. The molecule has 5 heteroatoms. The highest BCUT2D eigenvalue weighted by atomic mass is 79.9. The number of amides is 1. The molecule has 0 unspecified atom stereocenters. The van der Waals surface area contributed by atoms with E-state index in [1.807, 2.05) is 13.8 Å². The van der Waals surface area contributed by atoms with Crippen LogP contribution in [0.15, 0.2) is 12.1 Å². The molecule has 0 heterocycles. The number of benzene rings is 1. The number of nitrogens with one attached hydrogen (secondary N) is 1. The molecule has 0 radical (unpaired) electrons. The standard InChI is InChI=1S/C12H14BrClFNO/c1-7-4-9(14)8(5-10(7)15)12(2,3)6-16-11(13)17/h4-5H,6H2,1-3H3,(H,16,17). The molecule has 2 nitrogen and oxygen atoms in total. The van der Waals surface area contributed by atoms with Gasteiger partial charge in [0.15, 0.2) is 0 Å². The molecule has 0 aliphatic carbocycles. The predicted molar refractivity (Wildman–Crippen MR) is 71.5 cm³/mol. The molecule has 0 saturated heterocycles. The Bertz CT molecular complexity index is 448. The molecule has 1 rings (SSSR count). The van der Waals surface area contributed by atoms with Gasteiger partial charge >= 0.3 is 0 Å². The molecule has 0 atom stereocenters. The number of carbonyl (C=O) groups excluding carboxylic acids is 1. The molecule has 1 amide bonds. The first-order valence-electron chi connectivity index (χ1n) is 5.13. The lowest BCUT2D eigenvalue weighted by atomic mass is 9.84. The third-order valence-electron chi connectivity index (χ3n) is 2.65. The van der Waals surface area contributed by atoms with Crippen molar-refractivity contribution in [2.45, 2.75) is 26.2 Å². The van der Waals surface area contributed by atoms with Crippen molar-refractivity contribution >= 4 is 32.3 Å². The summed E-state index contributed by atoms with van der Waals surface area (Å²) in [4.78, 5) is 10.5. The molecule has 0 aliphatic heterocycles. The van der Waals surface area contributed by atoms with Crippen molar-refractivity contribution in [1.29, 1.82) is 0 Å². The zero-order valence-corrected chi connectivity index (χ0v) is 12.2. The Labute approximate surface area is 114 Å². The second-order valence-electron chi connectivity index (χ2n) is 4.59. The van der Waals surface area contributed by atoms with Crippen molar-refractivity contribution in [3.8, 4) is 0 Å². The number of rotatable bonds is 3. The summed E-state index contributed by atoms with van der Waals surface area (Å²) in [5, 5.41) is 3.15. The van der Waals surface area contributed by atoms with Crippen molar-refractivity contribution in [2.75, 3.05) is 6.54 Å². The van der Waals surface area contributed by atoms with Gasteiger partial charge in [0.2, 0.25) is 0 Å². The Morgan fingerprint density at radius 1 is 1.53 bits per heavy atom. The third kappa shape index (κ3) is 3.68. The molecule has 0 spiro atoms. The van der Waals surface area contributed by atoms with Crippen LogP contribution in [0.4, 0.5) is 9.18 Å². The second kappa shape index (κ2) is 5.36. The molecular weight excluding hydrogens is 308 g/mol. The molecule has 1 aromatic rings. The monoisotopic (exact) mass is 321 g/mol. The van der Waals surface area contributed by atoms with Gasteiger partial charge in [-0.25, -0.2) is 4.39 Å². The maximum absolute atomic E-state index is 13.5. The van der Waals surface area contributed by atoms with Gasteiger partial charge in [-0.1, -0.05) is 25.4 Å². The van der Waals surface area contributed by atoms with Crippen LogP contribution < -0.4 is 5.32 Å². The van der Waals surface area contributed by atoms with E-state index in [1.165, 1.54) is 6.07 Å². The van der Waals surface area contributed by atoms with E-state index in [0.29, 0.717) is 22.7 Å². The van der Waals surface area contributed by atoms with Crippen LogP contribution in [0.1, 0.15) is 25.0 Å². The highest BCUT2D eigenvalue weighted by Gasteiger charge is 2.25. The first-order valence-corrected chi connectivity index (χ1v) is 6.30. The van der Waals surface area contributed by atoms with Gasteiger partial charge in [0.05, 0.1) is 0 Å². The molecule has 0 aromatic heterocycles. The minimum atomic E-state index is -0.435. The topological polar surface area (TPSA) is 29.1 Å². The highest BCUT2D eigenvalue weighted by Crippen LogP contribution is 2.31. The first kappa shape index (κ1) is 14.5. The van der Waals surface area contributed by atoms with Gasteiger partial charge in [-0.15, -0.1) is 0 Å². The van der Waals surface area contributed by atoms with Crippen LogP contribution in [-0.4, -0.2) is 11.4 Å². The SMILES string of the molecule is Cc1cc(Cl)c(C(C)(C)CNC(=O)Br)cc1F. The predicted octanol–water partition coefficient (Wildman–Crippen LogP) is 4.17. The summed E-state index contributed by atoms with van der Waals surface area (Å²) in [7, 11) is 0. The maximum Gasteiger partial charge on any atom is 0.287 e. The van der Waals surface area contributed by atoms with Crippen LogP contribution in [-0.2, 0) is 5.41 Å². The zero-order valence-electron chi connectivity index (χ0n) is 9.90. The van der Waals surface area contributed by atoms with Gasteiger partial charge in [0.1, 0.15) is 5.82 Å². The molecule has 94 valence electrons. The smallest absolute Gasteiger partial charge is 0.287 e. The molecule has 0 bridgehead atoms. The van der Waals surface area contributed by atoms with E-state index in [9.17, 15) is 9.18 Å². The summed E-state index contributed by atoms with van der Waals surface area (Å²) < 4.78 is 13.5. The fraction of sp³-hybridized carbons (Fsp3) is 0.417. The minimum absolute atomic E-state index is 0.289. The normalized spacial score (nSPS) is 11.4. The number of hydrogen-bond acceptors (Lipinski definition) is 1. The van der Waals surface area contributed by atoms with Crippen LogP contribution >= 0.6 is 27.5 Å². The summed E-state index contributed by atoms with van der Waals surface area (Å²) in [6.45, 7) is 5.83. The quantitative estimate of drug-likeness (QED) is 0.657. The van der Waals surface area contributed by atoms with E-state index in [-0.39, 0.29) is 10.6 Å². The highest BCUT2D eigenvalue weighted by molar-refractivity contribution is 9.18. The molecule has 0 saturated carbocycles. The lowest BCUT2D eigenvalue weighted by Crippen LogP contribution is -2.34. The molecule has 0 aliphatic rings. The van der Waals surface area contributed by atoms with Gasteiger partial charge < -0.3 is 5.32 Å². The van der Waals surface area contributed by atoms with Crippen LogP contribution in [0.3, 0.4) is 0 Å². The van der Waals surface area contributed by atoms with Gasteiger partial charge in [0.25, 0.3) is 4.82 Å². The van der Waals surface area contributed by atoms with Crippen molar-refractivity contribution in [3.05, 3.63) is 34.1 Å². The number of hydrogen-bond donors (Lipinski definition) is 1. The Morgan fingerprint density at radius 3 is 2.65 bits per heavy atom. The van der Waals surface area contributed by atoms with Gasteiger partial charge in [-0.2, -0.15) is 0 Å². The van der Waals surface area contributed by atoms with Crippen molar-refractivity contribution < 1.29 is 9.18 Å². The molecule has 1 N–H and O–H groups in total. The van der Waals surface area contributed by atoms with Crippen LogP contribution in [0, 0.1) is 12.7 Å². The van der Waals surface area contributed by atoms with Crippen molar-refractivity contribution in [1.82, 2.24) is 5.32 Å². The Balaban J connectivity index is 3.05. The molecular formula is C12H14BrClFNO. The van der Waals surface area contributed by atoms with E-state index in [4.69, 9.17) is 11.6 Å². The minimum Gasteiger partial charge on any atom is -0.346 e. The van der Waals surface area contributed by atoms with E-state index in [1.54, 1.807) is 13.0 Å². The summed E-state index contributed by atoms with van der Waals surface area (Å²) in [6, 6.07) is 3.03. The van der Waals surface area contributed by atoms with Crippen LogP contribution in [0.5, 0.6) is 0 Å². The summed E-state index contributed by atoms with van der Waals surface area (Å²) in [5.74, 6) is -0.289. The summed E-state index contributed by atoms with van der Waals surface area (Å²) in [6.07, 6.45) is 0. The number of halogens is 3. The van der Waals surface area contributed by atoms with Crippen molar-refractivity contribution in [3.63, 3.8) is 0 Å². The fourth-order valence-corrected chi connectivity index (χ4v) is 2.16. The van der Waals surface area contributed by atoms with Gasteiger partial charge in [0, 0.05) is 32.9 Å². The number of aryl methyl sites for hydroxylation is 1. The van der Waals surface area contributed by atoms with E-state index >= 15 is 0 Å². The fourth-order valence-electron chi connectivity index (χ4n) is 1.55. The van der Waals surface area contributed by atoms with E-state index < -0.39 is 5.41 Å². The average Bonchev–Trinajstić information content (AvgIpc) is 2.20. The first-order chi connectivity index (χ1) is 7.74. The molecule has 1 aromatic carbocycles. The Hall–Kier alpha value is -0.610.